The van der Waals surface area contributed by atoms with Crippen molar-refractivity contribution in [3.8, 4) is 16.9 Å². The molecule has 0 saturated heterocycles. The molecule has 4 heteroatoms. The van der Waals surface area contributed by atoms with Crippen LogP contribution in [0.1, 0.15) is 0 Å². The van der Waals surface area contributed by atoms with Gasteiger partial charge >= 0.3 is 5.69 Å². The summed E-state index contributed by atoms with van der Waals surface area (Å²) in [7, 11) is 0. The van der Waals surface area contributed by atoms with E-state index in [9.17, 15) is 9.59 Å². The van der Waals surface area contributed by atoms with Crippen molar-refractivity contribution in [1.82, 2.24) is 9.55 Å². The minimum atomic E-state index is -0.447. The summed E-state index contributed by atoms with van der Waals surface area (Å²) in [6.45, 7) is 0. The van der Waals surface area contributed by atoms with Gasteiger partial charge in [0.25, 0.3) is 5.56 Å². The van der Waals surface area contributed by atoms with E-state index in [-0.39, 0.29) is 5.56 Å². The maximum absolute atomic E-state index is 12.6. The summed E-state index contributed by atoms with van der Waals surface area (Å²) < 4.78 is 1.18. The van der Waals surface area contributed by atoms with Crippen molar-refractivity contribution in [2.75, 3.05) is 0 Å². The van der Waals surface area contributed by atoms with Gasteiger partial charge in [-0.05, 0) is 17.0 Å². The molecule has 0 saturated carbocycles. The minimum Gasteiger partial charge on any atom is -0.306 e. The van der Waals surface area contributed by atoms with Gasteiger partial charge < -0.3 is 4.98 Å². The molecule has 0 atom stereocenters. The lowest BCUT2D eigenvalue weighted by Gasteiger charge is -2.09. The molecule has 0 unspecified atom stereocenters. The second-order valence-electron chi connectivity index (χ2n) is 5.53. The molecule has 0 fully saturated rings. The lowest BCUT2D eigenvalue weighted by Crippen LogP contribution is -2.33. The molecule has 3 aromatic carbocycles. The van der Waals surface area contributed by atoms with E-state index in [2.05, 4.69) is 4.98 Å². The molecule has 0 spiro atoms. The number of rotatable bonds is 2. The van der Waals surface area contributed by atoms with Crippen LogP contribution in [0.15, 0.2) is 88.5 Å². The Labute approximate surface area is 137 Å². The van der Waals surface area contributed by atoms with Gasteiger partial charge in [0.15, 0.2) is 0 Å². The van der Waals surface area contributed by atoms with Gasteiger partial charge in [-0.1, -0.05) is 66.7 Å². The first-order valence-electron chi connectivity index (χ1n) is 7.64. The highest BCUT2D eigenvalue weighted by Crippen LogP contribution is 2.20. The fraction of sp³-hybridized carbons (Fsp3) is 0. The Balaban J connectivity index is 1.97. The average molecular weight is 314 g/mol. The zero-order valence-electron chi connectivity index (χ0n) is 12.8. The fourth-order valence-corrected chi connectivity index (χ4v) is 2.90. The maximum atomic E-state index is 12.6. The van der Waals surface area contributed by atoms with Gasteiger partial charge in [0.2, 0.25) is 0 Å². The van der Waals surface area contributed by atoms with Crippen LogP contribution in [-0.4, -0.2) is 9.55 Å². The highest BCUT2D eigenvalue weighted by atomic mass is 16.2. The molecule has 0 aliphatic carbocycles. The lowest BCUT2D eigenvalue weighted by molar-refractivity contribution is 0.885. The Morgan fingerprint density at radius 1 is 0.750 bits per heavy atom. The largest absolute Gasteiger partial charge is 0.333 e. The van der Waals surface area contributed by atoms with Crippen LogP contribution in [0.3, 0.4) is 0 Å². The third kappa shape index (κ3) is 2.34. The minimum absolute atomic E-state index is 0.353. The molecule has 1 heterocycles. The summed E-state index contributed by atoms with van der Waals surface area (Å²) in [6, 6.07) is 24.0. The van der Waals surface area contributed by atoms with Gasteiger partial charge in [0, 0.05) is 11.5 Å². The Hall–Kier alpha value is -3.40. The van der Waals surface area contributed by atoms with Crippen LogP contribution < -0.4 is 11.2 Å². The van der Waals surface area contributed by atoms with Crippen molar-refractivity contribution in [2.24, 2.45) is 0 Å². The Morgan fingerprint density at radius 3 is 2.25 bits per heavy atom. The number of nitrogens with one attached hydrogen (secondary N) is 1. The third-order valence-corrected chi connectivity index (χ3v) is 4.03. The van der Waals surface area contributed by atoms with E-state index in [4.69, 9.17) is 0 Å². The molecule has 0 amide bonds. The van der Waals surface area contributed by atoms with E-state index in [1.165, 1.54) is 10.6 Å². The molecule has 1 N–H and O–H groups in total. The number of nitrogens with zero attached hydrogens (tertiary/aromatic N) is 1. The molecular weight excluding hydrogens is 300 g/mol. The zero-order valence-corrected chi connectivity index (χ0v) is 12.8. The molecule has 0 aliphatic heterocycles. The molecule has 0 radical (unpaired) electrons. The predicted molar refractivity (Wildman–Crippen MR) is 95.6 cm³/mol. The number of fused-ring (bicyclic) bond motifs is 1. The molecule has 4 rings (SSSR count). The number of hydrogen-bond donors (Lipinski definition) is 1. The standard InChI is InChI=1S/C20H14N2O2/c23-19-13-17(15-8-2-1-3-9-15)21-20(24)22(19)18-12-6-10-14-7-4-5-11-16(14)18/h1-13H,(H,21,24). The summed E-state index contributed by atoms with van der Waals surface area (Å²) in [4.78, 5) is 28.0. The maximum Gasteiger partial charge on any atom is 0.333 e. The summed E-state index contributed by atoms with van der Waals surface area (Å²) >= 11 is 0. The molecular formula is C20H14N2O2. The van der Waals surface area contributed by atoms with Crippen molar-refractivity contribution in [2.45, 2.75) is 0 Å². The van der Waals surface area contributed by atoms with Gasteiger partial charge in [0.1, 0.15) is 0 Å². The van der Waals surface area contributed by atoms with Crippen LogP contribution in [0.2, 0.25) is 0 Å². The predicted octanol–water partition coefficient (Wildman–Crippen LogP) is 3.35. The Morgan fingerprint density at radius 2 is 1.46 bits per heavy atom. The number of aromatic nitrogens is 2. The fourth-order valence-electron chi connectivity index (χ4n) is 2.90. The Kier molecular flexibility index (Phi) is 3.35. The van der Waals surface area contributed by atoms with Crippen LogP contribution in [0.5, 0.6) is 0 Å². The first-order valence-corrected chi connectivity index (χ1v) is 7.64. The van der Waals surface area contributed by atoms with E-state index >= 15 is 0 Å². The van der Waals surface area contributed by atoms with Crippen LogP contribution in [0.4, 0.5) is 0 Å². The normalized spacial score (nSPS) is 10.8. The van der Waals surface area contributed by atoms with Crippen molar-refractivity contribution >= 4 is 10.8 Å². The second kappa shape index (κ2) is 5.66. The molecule has 0 bridgehead atoms. The van der Waals surface area contributed by atoms with Crippen molar-refractivity contribution in [3.63, 3.8) is 0 Å². The van der Waals surface area contributed by atoms with E-state index < -0.39 is 5.69 Å². The van der Waals surface area contributed by atoms with Crippen LogP contribution in [0, 0.1) is 0 Å². The average Bonchev–Trinajstić information content (AvgIpc) is 2.62. The first-order chi connectivity index (χ1) is 11.7. The highest BCUT2D eigenvalue weighted by molar-refractivity contribution is 5.90. The molecule has 24 heavy (non-hydrogen) atoms. The summed E-state index contributed by atoms with van der Waals surface area (Å²) in [5.41, 5.74) is 1.10. The number of hydrogen-bond acceptors (Lipinski definition) is 2. The molecule has 1 aromatic heterocycles. The van der Waals surface area contributed by atoms with Gasteiger partial charge in [0.05, 0.1) is 11.4 Å². The van der Waals surface area contributed by atoms with Crippen molar-refractivity contribution < 1.29 is 0 Å². The zero-order chi connectivity index (χ0) is 16.5. The third-order valence-electron chi connectivity index (χ3n) is 4.03. The summed E-state index contributed by atoms with van der Waals surface area (Å²) in [6.07, 6.45) is 0. The number of aromatic amines is 1. The van der Waals surface area contributed by atoms with Crippen molar-refractivity contribution in [3.05, 3.63) is 99.7 Å². The second-order valence-corrected chi connectivity index (χ2v) is 5.53. The Bertz CT molecular complexity index is 1100. The van der Waals surface area contributed by atoms with E-state index in [1.54, 1.807) is 6.07 Å². The van der Waals surface area contributed by atoms with Gasteiger partial charge in [-0.3, -0.25) is 4.79 Å². The van der Waals surface area contributed by atoms with Crippen LogP contribution in [-0.2, 0) is 0 Å². The summed E-state index contributed by atoms with van der Waals surface area (Å²) in [5.74, 6) is 0. The molecule has 116 valence electrons. The monoisotopic (exact) mass is 314 g/mol. The van der Waals surface area contributed by atoms with Crippen LogP contribution in [0.25, 0.3) is 27.7 Å². The first kappa shape index (κ1) is 14.2. The van der Waals surface area contributed by atoms with E-state index in [0.717, 1.165) is 16.3 Å². The quantitative estimate of drug-likeness (QED) is 0.617. The van der Waals surface area contributed by atoms with Crippen LogP contribution >= 0.6 is 0 Å². The lowest BCUT2D eigenvalue weighted by atomic mass is 10.1. The smallest absolute Gasteiger partial charge is 0.306 e. The molecule has 4 nitrogen and oxygen atoms in total. The molecule has 4 aromatic rings. The number of H-pyrrole nitrogens is 1. The van der Waals surface area contributed by atoms with Gasteiger partial charge in [-0.25, -0.2) is 9.36 Å². The van der Waals surface area contributed by atoms with E-state index in [0.29, 0.717) is 11.4 Å². The van der Waals surface area contributed by atoms with E-state index in [1.807, 2.05) is 66.7 Å². The molecule has 0 aliphatic rings. The van der Waals surface area contributed by atoms with Gasteiger partial charge in [-0.2, -0.15) is 0 Å². The number of benzene rings is 3. The van der Waals surface area contributed by atoms with Crippen molar-refractivity contribution in [1.29, 1.82) is 0 Å². The topological polar surface area (TPSA) is 54.9 Å². The van der Waals surface area contributed by atoms with Gasteiger partial charge in [-0.15, -0.1) is 0 Å². The SMILES string of the molecule is O=c1cc(-c2ccccc2)[nH]c(=O)n1-c1cccc2ccccc12. The summed E-state index contributed by atoms with van der Waals surface area (Å²) in [5, 5.41) is 1.84. The highest BCUT2D eigenvalue weighted by Gasteiger charge is 2.10.